The van der Waals surface area contributed by atoms with Crippen molar-refractivity contribution in [3.8, 4) is 0 Å². The smallest absolute Gasteiger partial charge is 0.383 e. The lowest BCUT2D eigenvalue weighted by Crippen LogP contribution is -2.48. The third-order valence-electron chi connectivity index (χ3n) is 6.01. The van der Waals surface area contributed by atoms with Crippen molar-refractivity contribution in [2.75, 3.05) is 13.1 Å². The van der Waals surface area contributed by atoms with Crippen molar-refractivity contribution < 1.29 is 23.1 Å². The number of carbonyl (C=O) groups is 1. The number of nitrogens with one attached hydrogen (secondary N) is 1. The summed E-state index contributed by atoms with van der Waals surface area (Å²) in [6, 6.07) is 0.0948. The Hall–Kier alpha value is -0.980. The van der Waals surface area contributed by atoms with E-state index in [0.29, 0.717) is 5.92 Å². The van der Waals surface area contributed by atoms with E-state index in [2.05, 4.69) is 5.32 Å². The van der Waals surface area contributed by atoms with Crippen LogP contribution in [0.2, 0.25) is 0 Å². The SMILES string of the molecule is O=C(NC1CC1C1CCCCC1)N1CCC(C(O)C(F)(F)F)CC1. The highest BCUT2D eigenvalue weighted by Gasteiger charge is 2.46. The van der Waals surface area contributed by atoms with Gasteiger partial charge in [-0.1, -0.05) is 32.1 Å². The van der Waals surface area contributed by atoms with E-state index in [0.717, 1.165) is 12.3 Å². The Morgan fingerprint density at radius 3 is 2.29 bits per heavy atom. The van der Waals surface area contributed by atoms with Gasteiger partial charge < -0.3 is 15.3 Å². The minimum absolute atomic E-state index is 0.154. The molecule has 3 unspecified atom stereocenters. The third kappa shape index (κ3) is 4.16. The van der Waals surface area contributed by atoms with Gasteiger partial charge in [0.1, 0.15) is 0 Å². The van der Waals surface area contributed by atoms with Crippen LogP contribution in [0, 0.1) is 17.8 Å². The summed E-state index contributed by atoms with van der Waals surface area (Å²) in [6.07, 6.45) is 1.01. The summed E-state index contributed by atoms with van der Waals surface area (Å²) in [6.45, 7) is 0.564. The predicted molar refractivity (Wildman–Crippen MR) is 83.4 cm³/mol. The molecule has 1 aliphatic heterocycles. The first kappa shape index (κ1) is 17.8. The minimum Gasteiger partial charge on any atom is -0.383 e. The molecule has 1 saturated heterocycles. The molecule has 24 heavy (non-hydrogen) atoms. The van der Waals surface area contributed by atoms with Crippen molar-refractivity contribution in [1.29, 1.82) is 0 Å². The Balaban J connectivity index is 1.40. The Morgan fingerprint density at radius 1 is 1.08 bits per heavy atom. The second-order valence-corrected chi connectivity index (χ2v) is 7.66. The number of carbonyl (C=O) groups excluding carboxylic acids is 1. The van der Waals surface area contributed by atoms with E-state index in [4.69, 9.17) is 0 Å². The summed E-state index contributed by atoms with van der Waals surface area (Å²) in [5.41, 5.74) is 0. The van der Waals surface area contributed by atoms with Gasteiger partial charge in [-0.3, -0.25) is 0 Å². The summed E-state index contributed by atoms with van der Waals surface area (Å²) in [5.74, 6) is 0.528. The highest BCUT2D eigenvalue weighted by molar-refractivity contribution is 5.75. The van der Waals surface area contributed by atoms with Crippen LogP contribution in [0.15, 0.2) is 0 Å². The van der Waals surface area contributed by atoms with Gasteiger partial charge in [0.2, 0.25) is 0 Å². The lowest BCUT2D eigenvalue weighted by Gasteiger charge is -2.34. The average molecular weight is 348 g/mol. The lowest BCUT2D eigenvalue weighted by molar-refractivity contribution is -0.222. The van der Waals surface area contributed by atoms with Crippen molar-refractivity contribution in [3.63, 3.8) is 0 Å². The molecule has 2 saturated carbocycles. The summed E-state index contributed by atoms with van der Waals surface area (Å²) < 4.78 is 37.6. The maximum absolute atomic E-state index is 12.5. The van der Waals surface area contributed by atoms with E-state index in [9.17, 15) is 23.1 Å². The van der Waals surface area contributed by atoms with Gasteiger partial charge in [0, 0.05) is 19.1 Å². The summed E-state index contributed by atoms with van der Waals surface area (Å²) in [5, 5.41) is 12.4. The molecule has 3 aliphatic rings. The number of nitrogens with zero attached hydrogens (tertiary/aromatic N) is 1. The van der Waals surface area contributed by atoms with Crippen LogP contribution in [0.4, 0.5) is 18.0 Å². The van der Waals surface area contributed by atoms with Gasteiger partial charge in [0.15, 0.2) is 6.10 Å². The summed E-state index contributed by atoms with van der Waals surface area (Å²) >= 11 is 0. The standard InChI is InChI=1S/C17H27F3N2O2/c18-17(19,20)15(23)12-6-8-22(9-7-12)16(24)21-14-10-13(14)11-4-2-1-3-5-11/h11-15,23H,1-10H2,(H,21,24). The van der Waals surface area contributed by atoms with E-state index >= 15 is 0 Å². The molecule has 0 aromatic heterocycles. The van der Waals surface area contributed by atoms with Crippen LogP contribution in [0.3, 0.4) is 0 Å². The molecule has 0 aromatic carbocycles. The zero-order valence-corrected chi connectivity index (χ0v) is 13.9. The van der Waals surface area contributed by atoms with Gasteiger partial charge in [-0.2, -0.15) is 13.2 Å². The molecular weight excluding hydrogens is 321 g/mol. The first-order valence-electron chi connectivity index (χ1n) is 9.16. The minimum atomic E-state index is -4.57. The zero-order chi connectivity index (χ0) is 17.3. The van der Waals surface area contributed by atoms with Crippen molar-refractivity contribution in [2.24, 2.45) is 17.8 Å². The van der Waals surface area contributed by atoms with E-state index < -0.39 is 18.2 Å². The predicted octanol–water partition coefficient (Wildman–Crippen LogP) is 3.30. The zero-order valence-electron chi connectivity index (χ0n) is 13.9. The van der Waals surface area contributed by atoms with Crippen LogP contribution >= 0.6 is 0 Å². The van der Waals surface area contributed by atoms with E-state index in [-0.39, 0.29) is 38.0 Å². The Bertz CT molecular complexity index is 444. The molecular formula is C17H27F3N2O2. The molecule has 4 nitrogen and oxygen atoms in total. The molecule has 138 valence electrons. The topological polar surface area (TPSA) is 52.6 Å². The van der Waals surface area contributed by atoms with Crippen LogP contribution < -0.4 is 5.32 Å². The first-order chi connectivity index (χ1) is 11.4. The molecule has 2 amide bonds. The fourth-order valence-corrected chi connectivity index (χ4v) is 4.40. The molecule has 2 aliphatic carbocycles. The van der Waals surface area contributed by atoms with Crippen LogP contribution in [-0.2, 0) is 0 Å². The van der Waals surface area contributed by atoms with Crippen LogP contribution in [0.25, 0.3) is 0 Å². The third-order valence-corrected chi connectivity index (χ3v) is 6.01. The molecule has 0 bridgehead atoms. The number of rotatable bonds is 3. The molecule has 3 fully saturated rings. The molecule has 0 spiro atoms. The van der Waals surface area contributed by atoms with Crippen LogP contribution in [0.1, 0.15) is 51.4 Å². The number of hydrogen-bond donors (Lipinski definition) is 2. The lowest BCUT2D eigenvalue weighted by atomic mass is 9.85. The molecule has 7 heteroatoms. The molecule has 0 aromatic rings. The van der Waals surface area contributed by atoms with E-state index in [1.54, 1.807) is 4.90 Å². The number of halogens is 3. The molecule has 3 atom stereocenters. The summed E-state index contributed by atoms with van der Waals surface area (Å²) in [7, 11) is 0. The molecule has 1 heterocycles. The van der Waals surface area contributed by atoms with Crippen LogP contribution in [0.5, 0.6) is 0 Å². The fraction of sp³-hybridized carbons (Fsp3) is 0.941. The number of hydrogen-bond acceptors (Lipinski definition) is 2. The number of alkyl halides is 3. The monoisotopic (exact) mass is 348 g/mol. The number of aliphatic hydroxyl groups is 1. The molecule has 2 N–H and O–H groups in total. The Kier molecular flexibility index (Phi) is 5.27. The highest BCUT2D eigenvalue weighted by Crippen LogP contribution is 2.44. The second kappa shape index (κ2) is 7.10. The van der Waals surface area contributed by atoms with Crippen molar-refractivity contribution >= 4 is 6.03 Å². The van der Waals surface area contributed by atoms with Gasteiger partial charge in [-0.25, -0.2) is 4.79 Å². The van der Waals surface area contributed by atoms with Crippen molar-refractivity contribution in [3.05, 3.63) is 0 Å². The van der Waals surface area contributed by atoms with Gasteiger partial charge in [-0.05, 0) is 37.0 Å². The normalized spacial score (nSPS) is 30.9. The largest absolute Gasteiger partial charge is 0.414 e. The van der Waals surface area contributed by atoms with Crippen LogP contribution in [-0.4, -0.2) is 47.4 Å². The maximum Gasteiger partial charge on any atom is 0.414 e. The Labute approximate surface area is 140 Å². The van der Waals surface area contributed by atoms with Crippen molar-refractivity contribution in [2.45, 2.75) is 69.7 Å². The highest BCUT2D eigenvalue weighted by atomic mass is 19.4. The molecule has 3 rings (SSSR count). The van der Waals surface area contributed by atoms with E-state index in [1.165, 1.54) is 32.1 Å². The summed E-state index contributed by atoms with van der Waals surface area (Å²) in [4.78, 5) is 13.9. The fourth-order valence-electron chi connectivity index (χ4n) is 4.40. The average Bonchev–Trinajstić information content (AvgIpc) is 3.33. The number of urea groups is 1. The number of aliphatic hydroxyl groups excluding tert-OH is 1. The van der Waals surface area contributed by atoms with Gasteiger partial charge in [0.25, 0.3) is 0 Å². The molecule has 0 radical (unpaired) electrons. The van der Waals surface area contributed by atoms with E-state index in [1.807, 2.05) is 0 Å². The number of likely N-dealkylation sites (tertiary alicyclic amines) is 1. The second-order valence-electron chi connectivity index (χ2n) is 7.66. The number of amides is 2. The number of piperidine rings is 1. The van der Waals surface area contributed by atoms with Gasteiger partial charge in [-0.15, -0.1) is 0 Å². The quantitative estimate of drug-likeness (QED) is 0.822. The maximum atomic E-state index is 12.5. The van der Waals surface area contributed by atoms with Gasteiger partial charge in [0.05, 0.1) is 0 Å². The van der Waals surface area contributed by atoms with Gasteiger partial charge >= 0.3 is 12.2 Å². The van der Waals surface area contributed by atoms with Crippen molar-refractivity contribution in [1.82, 2.24) is 10.2 Å². The Morgan fingerprint density at radius 2 is 1.71 bits per heavy atom. The first-order valence-corrected chi connectivity index (χ1v) is 9.16.